The van der Waals surface area contributed by atoms with E-state index in [1.54, 1.807) is 0 Å². The van der Waals surface area contributed by atoms with Gasteiger partial charge in [0.25, 0.3) is 0 Å². The minimum absolute atomic E-state index is 0.193. The molecule has 13 heavy (non-hydrogen) atoms. The first-order valence-corrected chi connectivity index (χ1v) is 4.63. The molecule has 2 rings (SSSR count). The molecule has 0 aliphatic rings. The maximum atomic E-state index is 12.8. The van der Waals surface area contributed by atoms with Crippen LogP contribution in [-0.2, 0) is 0 Å². The SMILES string of the molecule is O=c1c(I)coc2ccc(F)cc12. The van der Waals surface area contributed by atoms with E-state index >= 15 is 0 Å². The summed E-state index contributed by atoms with van der Waals surface area (Å²) in [5.41, 5.74) is 0.216. The highest BCUT2D eigenvalue weighted by molar-refractivity contribution is 14.1. The largest absolute Gasteiger partial charge is 0.463 e. The van der Waals surface area contributed by atoms with Crippen LogP contribution in [0.2, 0.25) is 0 Å². The predicted octanol–water partition coefficient (Wildman–Crippen LogP) is 2.54. The van der Waals surface area contributed by atoms with Crippen molar-refractivity contribution in [3.8, 4) is 0 Å². The van der Waals surface area contributed by atoms with Crippen LogP contribution in [0.25, 0.3) is 11.0 Å². The smallest absolute Gasteiger partial charge is 0.206 e. The van der Waals surface area contributed by atoms with E-state index in [-0.39, 0.29) is 10.8 Å². The average Bonchev–Trinajstić information content (AvgIpc) is 2.12. The Morgan fingerprint density at radius 2 is 2.15 bits per heavy atom. The number of rotatable bonds is 0. The van der Waals surface area contributed by atoms with Crippen molar-refractivity contribution in [1.29, 1.82) is 0 Å². The van der Waals surface area contributed by atoms with E-state index in [1.165, 1.54) is 24.5 Å². The quantitative estimate of drug-likeness (QED) is 0.698. The summed E-state index contributed by atoms with van der Waals surface area (Å²) >= 11 is 1.86. The van der Waals surface area contributed by atoms with Gasteiger partial charge in [-0.15, -0.1) is 0 Å². The van der Waals surface area contributed by atoms with Gasteiger partial charge in [0.2, 0.25) is 5.43 Å². The van der Waals surface area contributed by atoms with Crippen LogP contribution in [0.1, 0.15) is 0 Å². The molecule has 0 atom stereocenters. The molecule has 0 bridgehead atoms. The number of hydrogen-bond donors (Lipinski definition) is 0. The van der Waals surface area contributed by atoms with E-state index < -0.39 is 5.82 Å². The Morgan fingerprint density at radius 1 is 1.38 bits per heavy atom. The molecule has 0 unspecified atom stereocenters. The Kier molecular flexibility index (Phi) is 2.07. The normalized spacial score (nSPS) is 10.6. The zero-order valence-electron chi connectivity index (χ0n) is 6.38. The molecule has 2 nitrogen and oxygen atoms in total. The van der Waals surface area contributed by atoms with Gasteiger partial charge in [-0.3, -0.25) is 4.79 Å². The monoisotopic (exact) mass is 290 g/mol. The van der Waals surface area contributed by atoms with Crippen LogP contribution < -0.4 is 5.43 Å². The lowest BCUT2D eigenvalue weighted by atomic mass is 10.2. The highest BCUT2D eigenvalue weighted by Crippen LogP contribution is 2.13. The van der Waals surface area contributed by atoms with Gasteiger partial charge in [-0.25, -0.2) is 4.39 Å². The molecule has 0 aliphatic carbocycles. The summed E-state index contributed by atoms with van der Waals surface area (Å²) in [6.07, 6.45) is 1.36. The second-order valence-electron chi connectivity index (χ2n) is 2.55. The van der Waals surface area contributed by atoms with Gasteiger partial charge in [0.15, 0.2) is 0 Å². The van der Waals surface area contributed by atoms with Crippen molar-refractivity contribution in [1.82, 2.24) is 0 Å². The fourth-order valence-corrected chi connectivity index (χ4v) is 1.50. The van der Waals surface area contributed by atoms with Gasteiger partial charge in [-0.2, -0.15) is 0 Å². The van der Waals surface area contributed by atoms with Crippen molar-refractivity contribution in [2.24, 2.45) is 0 Å². The molecule has 1 aromatic heterocycles. The highest BCUT2D eigenvalue weighted by atomic mass is 127. The molecule has 0 spiro atoms. The third-order valence-corrected chi connectivity index (χ3v) is 2.44. The standard InChI is InChI=1S/C9H4FIO2/c10-5-1-2-8-6(3-5)9(12)7(11)4-13-8/h1-4H. The molecule has 66 valence electrons. The molecule has 2 aromatic rings. The number of benzene rings is 1. The first-order chi connectivity index (χ1) is 6.18. The van der Waals surface area contributed by atoms with Crippen LogP contribution in [0.5, 0.6) is 0 Å². The summed E-state index contributed by atoms with van der Waals surface area (Å²) in [6, 6.07) is 3.89. The van der Waals surface area contributed by atoms with E-state index in [0.717, 1.165) is 0 Å². The topological polar surface area (TPSA) is 30.2 Å². The first-order valence-electron chi connectivity index (χ1n) is 3.55. The highest BCUT2D eigenvalue weighted by Gasteiger charge is 2.04. The molecule has 0 saturated carbocycles. The number of fused-ring (bicyclic) bond motifs is 1. The average molecular weight is 290 g/mol. The maximum absolute atomic E-state index is 12.8. The Bertz CT molecular complexity index is 513. The molecule has 4 heteroatoms. The van der Waals surface area contributed by atoms with Crippen LogP contribution in [-0.4, -0.2) is 0 Å². The molecule has 0 saturated heterocycles. The third-order valence-electron chi connectivity index (χ3n) is 1.69. The van der Waals surface area contributed by atoms with Gasteiger partial charge in [0, 0.05) is 0 Å². The lowest BCUT2D eigenvalue weighted by molar-refractivity contribution is 0.592. The Morgan fingerprint density at radius 3 is 2.92 bits per heavy atom. The lowest BCUT2D eigenvalue weighted by Gasteiger charge is -1.96. The lowest BCUT2D eigenvalue weighted by Crippen LogP contribution is -2.04. The van der Waals surface area contributed by atoms with Crippen LogP contribution in [0.3, 0.4) is 0 Å². The van der Waals surface area contributed by atoms with Crippen LogP contribution in [0.4, 0.5) is 4.39 Å². The van der Waals surface area contributed by atoms with E-state index in [9.17, 15) is 9.18 Å². The summed E-state index contributed by atoms with van der Waals surface area (Å²) in [5.74, 6) is -0.429. The zero-order chi connectivity index (χ0) is 9.42. The van der Waals surface area contributed by atoms with Crippen molar-refractivity contribution in [3.05, 3.63) is 44.1 Å². The maximum Gasteiger partial charge on any atom is 0.206 e. The molecule has 0 fully saturated rings. The van der Waals surface area contributed by atoms with Gasteiger partial charge in [0.05, 0.1) is 8.96 Å². The summed E-state index contributed by atoms with van der Waals surface area (Å²) in [5, 5.41) is 0.284. The van der Waals surface area contributed by atoms with Gasteiger partial charge in [-0.1, -0.05) is 0 Å². The fourth-order valence-electron chi connectivity index (χ4n) is 1.08. The minimum Gasteiger partial charge on any atom is -0.463 e. The van der Waals surface area contributed by atoms with Crippen LogP contribution >= 0.6 is 22.6 Å². The van der Waals surface area contributed by atoms with Crippen LogP contribution in [0, 0.1) is 9.39 Å². The Hall–Kier alpha value is -0.910. The van der Waals surface area contributed by atoms with Crippen molar-refractivity contribution >= 4 is 33.6 Å². The molecule has 1 heterocycles. The summed E-state index contributed by atoms with van der Waals surface area (Å²) in [7, 11) is 0. The van der Waals surface area contributed by atoms with Crippen molar-refractivity contribution in [2.45, 2.75) is 0 Å². The molecule has 0 amide bonds. The van der Waals surface area contributed by atoms with E-state index in [2.05, 4.69) is 0 Å². The van der Waals surface area contributed by atoms with E-state index in [4.69, 9.17) is 4.42 Å². The second kappa shape index (κ2) is 3.10. The summed E-state index contributed by atoms with van der Waals surface area (Å²) in [6.45, 7) is 0. The second-order valence-corrected chi connectivity index (χ2v) is 3.72. The van der Waals surface area contributed by atoms with Crippen molar-refractivity contribution < 1.29 is 8.81 Å². The van der Waals surface area contributed by atoms with Gasteiger partial charge < -0.3 is 4.42 Å². The van der Waals surface area contributed by atoms with E-state index in [0.29, 0.717) is 9.15 Å². The van der Waals surface area contributed by atoms with Crippen molar-refractivity contribution in [2.75, 3.05) is 0 Å². The molecule has 0 N–H and O–H groups in total. The van der Waals surface area contributed by atoms with Gasteiger partial charge in [0.1, 0.15) is 17.7 Å². The number of hydrogen-bond acceptors (Lipinski definition) is 2. The summed E-state index contributed by atoms with van der Waals surface area (Å²) < 4.78 is 18.3. The molecule has 0 radical (unpaired) electrons. The Balaban J connectivity index is 2.97. The molecule has 1 aromatic carbocycles. The fraction of sp³-hybridized carbons (Fsp3) is 0. The van der Waals surface area contributed by atoms with Crippen LogP contribution in [0.15, 0.2) is 33.7 Å². The minimum atomic E-state index is -0.429. The Labute approximate surface area is 86.5 Å². The number of halogens is 2. The first kappa shape index (κ1) is 8.68. The van der Waals surface area contributed by atoms with Gasteiger partial charge in [-0.05, 0) is 40.8 Å². The van der Waals surface area contributed by atoms with Gasteiger partial charge >= 0.3 is 0 Å². The third kappa shape index (κ3) is 1.46. The zero-order valence-corrected chi connectivity index (χ0v) is 8.54. The molecular formula is C9H4FIO2. The predicted molar refractivity (Wildman–Crippen MR) is 55.2 cm³/mol. The molecular weight excluding hydrogens is 286 g/mol. The molecule has 0 aliphatic heterocycles. The van der Waals surface area contributed by atoms with Crippen molar-refractivity contribution in [3.63, 3.8) is 0 Å². The van der Waals surface area contributed by atoms with E-state index in [1.807, 2.05) is 22.6 Å². The summed E-state index contributed by atoms with van der Waals surface area (Å²) in [4.78, 5) is 11.4.